The van der Waals surface area contributed by atoms with Crippen molar-refractivity contribution in [2.75, 3.05) is 6.61 Å². The van der Waals surface area contributed by atoms with E-state index in [0.29, 0.717) is 6.61 Å². The predicted molar refractivity (Wildman–Crippen MR) is 144 cm³/mol. The van der Waals surface area contributed by atoms with Crippen molar-refractivity contribution in [2.24, 2.45) is 0 Å². The molecular formula is C32H29N3O2. The van der Waals surface area contributed by atoms with Crippen LogP contribution in [0.2, 0.25) is 0 Å². The first-order chi connectivity index (χ1) is 18.3. The molecule has 0 saturated carbocycles. The van der Waals surface area contributed by atoms with Crippen molar-refractivity contribution in [3.63, 3.8) is 0 Å². The Morgan fingerprint density at radius 1 is 0.892 bits per heavy atom. The summed E-state index contributed by atoms with van der Waals surface area (Å²) in [4.78, 5) is 15.5. The molecule has 3 aromatic carbocycles. The fraction of sp³-hybridized carbons (Fsp3) is 0.250. The summed E-state index contributed by atoms with van der Waals surface area (Å²) in [6.45, 7) is 0.369. The van der Waals surface area contributed by atoms with E-state index in [1.54, 1.807) is 6.20 Å². The molecule has 0 spiro atoms. The third kappa shape index (κ3) is 3.86. The molecule has 2 aliphatic heterocycles. The number of amides is 1. The van der Waals surface area contributed by atoms with Gasteiger partial charge in [-0.3, -0.25) is 4.90 Å². The minimum atomic E-state index is -0.180. The number of piperidine rings is 1. The van der Waals surface area contributed by atoms with Crippen LogP contribution in [0.3, 0.4) is 0 Å². The van der Waals surface area contributed by atoms with E-state index in [1.807, 2.05) is 21.8 Å². The second-order valence-electron chi connectivity index (χ2n) is 10.3. The summed E-state index contributed by atoms with van der Waals surface area (Å²) in [5.41, 5.74) is 8.59. The molecule has 2 bridgehead atoms. The normalized spacial score (nSPS) is 20.2. The number of rotatable bonds is 4. The summed E-state index contributed by atoms with van der Waals surface area (Å²) < 4.78 is 7.93. The van der Waals surface area contributed by atoms with Crippen LogP contribution >= 0.6 is 0 Å². The summed E-state index contributed by atoms with van der Waals surface area (Å²) in [6.07, 6.45) is 9.86. The molecule has 1 fully saturated rings. The zero-order chi connectivity index (χ0) is 24.8. The number of nitrogens with zero attached hydrogens (tertiary/aromatic N) is 3. The molecule has 7 rings (SSSR count). The average Bonchev–Trinajstić information content (AvgIpc) is 3.58. The molecule has 37 heavy (non-hydrogen) atoms. The van der Waals surface area contributed by atoms with Crippen molar-refractivity contribution in [3.05, 3.63) is 114 Å². The number of carbonyl (C=O) groups excluding carboxylic acids is 1. The molecule has 2 unspecified atom stereocenters. The van der Waals surface area contributed by atoms with Gasteiger partial charge in [0.25, 0.3) is 0 Å². The van der Waals surface area contributed by atoms with Gasteiger partial charge in [-0.2, -0.15) is 5.10 Å². The number of aromatic nitrogens is 2. The second kappa shape index (κ2) is 9.07. The molecule has 0 N–H and O–H groups in total. The van der Waals surface area contributed by atoms with Crippen molar-refractivity contribution in [2.45, 2.75) is 43.7 Å². The van der Waals surface area contributed by atoms with Crippen LogP contribution in [0.25, 0.3) is 22.4 Å². The highest BCUT2D eigenvalue weighted by atomic mass is 16.6. The van der Waals surface area contributed by atoms with E-state index in [-0.39, 0.29) is 24.1 Å². The van der Waals surface area contributed by atoms with Crippen molar-refractivity contribution in [3.8, 4) is 16.8 Å². The molecule has 3 heterocycles. The van der Waals surface area contributed by atoms with Gasteiger partial charge < -0.3 is 4.74 Å². The molecule has 4 aromatic rings. The standard InChI is InChI=1S/C32H29N3O2/c36-32(37-21-31-29-11-3-1-9-27(29)28-10-2-4-12-30(28)31)35-25-7-5-8-26(35)20-23(19-25)22-13-15-24(16-14-22)34-18-6-17-33-34/h1-4,6,9-19,25-26,31H,5,7-8,20-21H2. The van der Waals surface area contributed by atoms with Crippen LogP contribution < -0.4 is 0 Å². The monoisotopic (exact) mass is 487 g/mol. The SMILES string of the molecule is O=C(OCC1c2ccccc2-c2ccccc21)N1C2C=C(c3ccc(-n4cccn4)cc3)CC1CCC2. The molecule has 2 atom stereocenters. The van der Waals surface area contributed by atoms with Gasteiger partial charge in [-0.1, -0.05) is 66.7 Å². The van der Waals surface area contributed by atoms with E-state index in [1.165, 1.54) is 33.4 Å². The Morgan fingerprint density at radius 2 is 1.62 bits per heavy atom. The number of hydrogen-bond donors (Lipinski definition) is 0. The van der Waals surface area contributed by atoms with Crippen molar-refractivity contribution < 1.29 is 9.53 Å². The smallest absolute Gasteiger partial charge is 0.410 e. The lowest BCUT2D eigenvalue weighted by Gasteiger charge is -2.44. The molecule has 5 heteroatoms. The van der Waals surface area contributed by atoms with Crippen LogP contribution in [0, 0.1) is 0 Å². The van der Waals surface area contributed by atoms with Crippen molar-refractivity contribution in [1.82, 2.24) is 14.7 Å². The fourth-order valence-corrected chi connectivity index (χ4v) is 6.45. The average molecular weight is 488 g/mol. The second-order valence-corrected chi connectivity index (χ2v) is 10.3. The van der Waals surface area contributed by atoms with E-state index >= 15 is 0 Å². The van der Waals surface area contributed by atoms with E-state index in [9.17, 15) is 4.79 Å². The number of benzene rings is 3. The Kier molecular flexibility index (Phi) is 5.42. The van der Waals surface area contributed by atoms with Crippen LogP contribution in [0.4, 0.5) is 4.79 Å². The van der Waals surface area contributed by atoms with Gasteiger partial charge in [0, 0.05) is 24.4 Å². The topological polar surface area (TPSA) is 47.4 Å². The molecule has 184 valence electrons. The molecule has 1 aromatic heterocycles. The third-order valence-electron chi connectivity index (χ3n) is 8.19. The summed E-state index contributed by atoms with van der Waals surface area (Å²) in [7, 11) is 0. The van der Waals surface area contributed by atoms with Crippen LogP contribution in [-0.2, 0) is 4.74 Å². The minimum absolute atomic E-state index is 0.0837. The lowest BCUT2D eigenvalue weighted by molar-refractivity contribution is 0.0539. The highest BCUT2D eigenvalue weighted by Crippen LogP contribution is 2.45. The van der Waals surface area contributed by atoms with E-state index in [2.05, 4.69) is 84.0 Å². The maximum absolute atomic E-state index is 13.5. The largest absolute Gasteiger partial charge is 0.448 e. The van der Waals surface area contributed by atoms with E-state index in [0.717, 1.165) is 31.4 Å². The first-order valence-corrected chi connectivity index (χ1v) is 13.2. The van der Waals surface area contributed by atoms with Crippen molar-refractivity contribution >= 4 is 11.7 Å². The van der Waals surface area contributed by atoms with Gasteiger partial charge in [0.15, 0.2) is 0 Å². The van der Waals surface area contributed by atoms with Crippen LogP contribution in [0.1, 0.15) is 48.3 Å². The molecular weight excluding hydrogens is 458 g/mol. The minimum Gasteiger partial charge on any atom is -0.448 e. The molecule has 1 amide bonds. The zero-order valence-corrected chi connectivity index (χ0v) is 20.7. The zero-order valence-electron chi connectivity index (χ0n) is 20.7. The van der Waals surface area contributed by atoms with Crippen molar-refractivity contribution in [1.29, 1.82) is 0 Å². The maximum atomic E-state index is 13.5. The van der Waals surface area contributed by atoms with Gasteiger partial charge in [0.05, 0.1) is 11.7 Å². The molecule has 5 nitrogen and oxygen atoms in total. The van der Waals surface area contributed by atoms with Crippen LogP contribution in [0.5, 0.6) is 0 Å². The Labute approximate surface area is 217 Å². The van der Waals surface area contributed by atoms with E-state index < -0.39 is 0 Å². The number of carbonyl (C=O) groups is 1. The fourth-order valence-electron chi connectivity index (χ4n) is 6.45. The lowest BCUT2D eigenvalue weighted by Crippen LogP contribution is -2.51. The first-order valence-electron chi connectivity index (χ1n) is 13.2. The summed E-state index contributed by atoms with van der Waals surface area (Å²) in [6, 6.07) is 27.7. The van der Waals surface area contributed by atoms with Gasteiger partial charge in [-0.05, 0) is 77.3 Å². The third-order valence-corrected chi connectivity index (χ3v) is 8.19. The molecule has 1 aliphatic carbocycles. The Morgan fingerprint density at radius 3 is 2.30 bits per heavy atom. The van der Waals surface area contributed by atoms with Gasteiger partial charge in [0.2, 0.25) is 0 Å². The van der Waals surface area contributed by atoms with Crippen LogP contribution in [-0.4, -0.2) is 39.5 Å². The summed E-state index contributed by atoms with van der Waals surface area (Å²) in [5.74, 6) is 0.0837. The highest BCUT2D eigenvalue weighted by molar-refractivity contribution is 5.79. The van der Waals surface area contributed by atoms with Gasteiger partial charge in [0.1, 0.15) is 6.61 Å². The lowest BCUT2D eigenvalue weighted by atomic mass is 9.83. The van der Waals surface area contributed by atoms with Crippen LogP contribution in [0.15, 0.2) is 97.3 Å². The predicted octanol–water partition coefficient (Wildman–Crippen LogP) is 6.83. The number of ether oxygens (including phenoxy) is 1. The summed E-state index contributed by atoms with van der Waals surface area (Å²) in [5, 5.41) is 4.32. The maximum Gasteiger partial charge on any atom is 0.410 e. The molecule has 1 saturated heterocycles. The number of fused-ring (bicyclic) bond motifs is 5. The number of hydrogen-bond acceptors (Lipinski definition) is 3. The highest BCUT2D eigenvalue weighted by Gasteiger charge is 2.39. The quantitative estimate of drug-likeness (QED) is 0.317. The van der Waals surface area contributed by atoms with Gasteiger partial charge in [-0.25, -0.2) is 9.48 Å². The summed E-state index contributed by atoms with van der Waals surface area (Å²) >= 11 is 0. The first kappa shape index (κ1) is 22.1. The molecule has 3 aliphatic rings. The van der Waals surface area contributed by atoms with Gasteiger partial charge >= 0.3 is 6.09 Å². The Bertz CT molecular complexity index is 1430. The molecule has 0 radical (unpaired) electrons. The Hall–Kier alpha value is -4.12. The Balaban J connectivity index is 1.09. The van der Waals surface area contributed by atoms with E-state index in [4.69, 9.17) is 4.74 Å². The van der Waals surface area contributed by atoms with Gasteiger partial charge in [-0.15, -0.1) is 0 Å².